The van der Waals surface area contributed by atoms with Gasteiger partial charge in [-0.2, -0.15) is 0 Å². The van der Waals surface area contributed by atoms with Gasteiger partial charge in [-0.25, -0.2) is 4.98 Å². The summed E-state index contributed by atoms with van der Waals surface area (Å²) < 4.78 is 0. The minimum atomic E-state index is -0.00973. The number of benzene rings is 2. The van der Waals surface area contributed by atoms with Crippen LogP contribution in [0.1, 0.15) is 26.3 Å². The Labute approximate surface area is 151 Å². The Balaban J connectivity index is 1.43. The molecule has 0 spiro atoms. The van der Waals surface area contributed by atoms with Crippen molar-refractivity contribution in [2.75, 3.05) is 26.2 Å². The molecule has 3 aromatic rings. The monoisotopic (exact) mass is 348 g/mol. The number of carbonyl (C=O) groups excluding carboxylic acids is 2. The Kier molecular flexibility index (Phi) is 4.16. The van der Waals surface area contributed by atoms with Crippen LogP contribution in [0.5, 0.6) is 0 Å². The summed E-state index contributed by atoms with van der Waals surface area (Å²) in [6.07, 6.45) is 1.62. The van der Waals surface area contributed by atoms with E-state index in [0.717, 1.165) is 22.2 Å². The van der Waals surface area contributed by atoms with Crippen LogP contribution in [0.3, 0.4) is 0 Å². The Hall–Kier alpha value is -3.15. The lowest BCUT2D eigenvalue weighted by molar-refractivity contribution is 0.0535. The number of hydrogen-bond donors (Lipinski definition) is 1. The van der Waals surface area contributed by atoms with Crippen LogP contribution in [0.4, 0.5) is 0 Å². The van der Waals surface area contributed by atoms with Crippen LogP contribution in [0.15, 0.2) is 48.8 Å². The van der Waals surface area contributed by atoms with Gasteiger partial charge in [0, 0.05) is 37.3 Å². The molecular weight excluding hydrogens is 328 g/mol. The van der Waals surface area contributed by atoms with E-state index in [1.807, 2.05) is 48.2 Å². The number of aromatic amines is 1. The van der Waals surface area contributed by atoms with E-state index < -0.39 is 0 Å². The first kappa shape index (κ1) is 16.3. The van der Waals surface area contributed by atoms with Crippen molar-refractivity contribution in [1.82, 2.24) is 19.8 Å². The summed E-state index contributed by atoms with van der Waals surface area (Å²) in [5.74, 6) is 0.0265. The van der Waals surface area contributed by atoms with Gasteiger partial charge in [0.25, 0.3) is 11.8 Å². The standard InChI is InChI=1S/C20H20N4O2/c1-14-4-2-3-5-16(14)20(26)24-10-8-23(9-11-24)19(25)15-6-7-17-18(12-15)22-13-21-17/h2-7,12-13H,8-11H2,1H3,(H,21,22). The van der Waals surface area contributed by atoms with E-state index in [4.69, 9.17) is 0 Å². The van der Waals surface area contributed by atoms with Gasteiger partial charge in [0.1, 0.15) is 0 Å². The van der Waals surface area contributed by atoms with Gasteiger partial charge in [-0.05, 0) is 36.8 Å². The smallest absolute Gasteiger partial charge is 0.254 e. The molecule has 2 heterocycles. The van der Waals surface area contributed by atoms with Gasteiger partial charge in [0.05, 0.1) is 17.4 Å². The second-order valence-electron chi connectivity index (χ2n) is 6.53. The average Bonchev–Trinajstić information content (AvgIpc) is 3.15. The molecule has 4 rings (SSSR count). The third kappa shape index (κ3) is 2.94. The number of imidazole rings is 1. The number of nitrogens with one attached hydrogen (secondary N) is 1. The fourth-order valence-electron chi connectivity index (χ4n) is 3.35. The minimum absolute atomic E-state index is 0.00973. The van der Waals surface area contributed by atoms with Crippen molar-refractivity contribution in [3.8, 4) is 0 Å². The van der Waals surface area contributed by atoms with E-state index in [0.29, 0.717) is 31.7 Å². The molecule has 132 valence electrons. The number of H-pyrrole nitrogens is 1. The summed E-state index contributed by atoms with van der Waals surface area (Å²) in [5.41, 5.74) is 4.04. The highest BCUT2D eigenvalue weighted by Gasteiger charge is 2.26. The maximum Gasteiger partial charge on any atom is 0.254 e. The topological polar surface area (TPSA) is 69.3 Å². The minimum Gasteiger partial charge on any atom is -0.345 e. The SMILES string of the molecule is Cc1ccccc1C(=O)N1CCN(C(=O)c2ccc3nc[nH]c3c2)CC1. The highest BCUT2D eigenvalue weighted by atomic mass is 16.2. The van der Waals surface area contributed by atoms with E-state index in [2.05, 4.69) is 9.97 Å². The fraction of sp³-hybridized carbons (Fsp3) is 0.250. The molecule has 6 heteroatoms. The molecule has 0 atom stereocenters. The largest absolute Gasteiger partial charge is 0.345 e. The molecule has 0 radical (unpaired) electrons. The van der Waals surface area contributed by atoms with Gasteiger partial charge < -0.3 is 14.8 Å². The summed E-state index contributed by atoms with van der Waals surface area (Å²) >= 11 is 0. The van der Waals surface area contributed by atoms with Crippen LogP contribution in [0.2, 0.25) is 0 Å². The highest BCUT2D eigenvalue weighted by Crippen LogP contribution is 2.16. The number of nitrogens with zero attached hydrogens (tertiary/aromatic N) is 3. The van der Waals surface area contributed by atoms with Crippen molar-refractivity contribution in [3.05, 3.63) is 65.5 Å². The fourth-order valence-corrected chi connectivity index (χ4v) is 3.35. The number of rotatable bonds is 2. The summed E-state index contributed by atoms with van der Waals surface area (Å²) in [6, 6.07) is 13.1. The lowest BCUT2D eigenvalue weighted by Crippen LogP contribution is -2.50. The molecule has 0 aliphatic carbocycles. The van der Waals surface area contributed by atoms with Gasteiger partial charge in [-0.1, -0.05) is 18.2 Å². The molecule has 6 nitrogen and oxygen atoms in total. The van der Waals surface area contributed by atoms with Crippen molar-refractivity contribution in [2.45, 2.75) is 6.92 Å². The molecule has 1 fully saturated rings. The van der Waals surface area contributed by atoms with Crippen LogP contribution < -0.4 is 0 Å². The second kappa shape index (κ2) is 6.63. The molecule has 0 saturated carbocycles. The Bertz CT molecular complexity index is 971. The number of carbonyl (C=O) groups is 2. The molecule has 1 aromatic heterocycles. The lowest BCUT2D eigenvalue weighted by Gasteiger charge is -2.35. The quantitative estimate of drug-likeness (QED) is 0.773. The van der Waals surface area contributed by atoms with Gasteiger partial charge in [0.2, 0.25) is 0 Å². The maximum atomic E-state index is 12.8. The third-order valence-corrected chi connectivity index (χ3v) is 4.90. The van der Waals surface area contributed by atoms with E-state index in [1.165, 1.54) is 0 Å². The Morgan fingerprint density at radius 2 is 1.65 bits per heavy atom. The van der Waals surface area contributed by atoms with Crippen molar-refractivity contribution >= 4 is 22.8 Å². The summed E-state index contributed by atoms with van der Waals surface area (Å²) in [7, 11) is 0. The predicted octanol–water partition coefficient (Wildman–Crippen LogP) is 2.47. The average molecular weight is 348 g/mol. The van der Waals surface area contributed by atoms with Gasteiger partial charge >= 0.3 is 0 Å². The zero-order valence-corrected chi connectivity index (χ0v) is 14.6. The molecule has 1 aliphatic rings. The first-order valence-electron chi connectivity index (χ1n) is 8.71. The summed E-state index contributed by atoms with van der Waals surface area (Å²) in [5, 5.41) is 0. The maximum absolute atomic E-state index is 12.8. The molecular formula is C20H20N4O2. The van der Waals surface area contributed by atoms with Crippen LogP contribution in [-0.2, 0) is 0 Å². The molecule has 1 saturated heterocycles. The van der Waals surface area contributed by atoms with Crippen molar-refractivity contribution in [3.63, 3.8) is 0 Å². The highest BCUT2D eigenvalue weighted by molar-refractivity contribution is 5.98. The first-order valence-corrected chi connectivity index (χ1v) is 8.71. The van der Waals surface area contributed by atoms with Crippen LogP contribution in [0.25, 0.3) is 11.0 Å². The number of fused-ring (bicyclic) bond motifs is 1. The number of aryl methyl sites for hydroxylation is 1. The van der Waals surface area contributed by atoms with Gasteiger partial charge in [-0.3, -0.25) is 9.59 Å². The molecule has 0 bridgehead atoms. The molecule has 1 aliphatic heterocycles. The van der Waals surface area contributed by atoms with Crippen LogP contribution >= 0.6 is 0 Å². The van der Waals surface area contributed by atoms with E-state index in [-0.39, 0.29) is 11.8 Å². The first-order chi connectivity index (χ1) is 12.6. The zero-order chi connectivity index (χ0) is 18.1. The molecule has 2 amide bonds. The summed E-state index contributed by atoms with van der Waals surface area (Å²) in [4.78, 5) is 36.3. The van der Waals surface area contributed by atoms with Crippen LogP contribution in [0, 0.1) is 6.92 Å². The molecule has 26 heavy (non-hydrogen) atoms. The van der Waals surface area contributed by atoms with Crippen LogP contribution in [-0.4, -0.2) is 57.8 Å². The van der Waals surface area contributed by atoms with Crippen molar-refractivity contribution < 1.29 is 9.59 Å². The van der Waals surface area contributed by atoms with E-state index in [1.54, 1.807) is 17.3 Å². The van der Waals surface area contributed by atoms with Crippen molar-refractivity contribution in [2.24, 2.45) is 0 Å². The predicted molar refractivity (Wildman–Crippen MR) is 99.1 cm³/mol. The number of hydrogen-bond acceptors (Lipinski definition) is 3. The number of amides is 2. The number of piperazine rings is 1. The number of aromatic nitrogens is 2. The molecule has 0 unspecified atom stereocenters. The molecule has 1 N–H and O–H groups in total. The molecule has 2 aromatic carbocycles. The van der Waals surface area contributed by atoms with Gasteiger partial charge in [-0.15, -0.1) is 0 Å². The Morgan fingerprint density at radius 3 is 2.38 bits per heavy atom. The lowest BCUT2D eigenvalue weighted by atomic mass is 10.1. The van der Waals surface area contributed by atoms with Crippen molar-refractivity contribution in [1.29, 1.82) is 0 Å². The Morgan fingerprint density at radius 1 is 0.962 bits per heavy atom. The van der Waals surface area contributed by atoms with E-state index in [9.17, 15) is 9.59 Å². The van der Waals surface area contributed by atoms with E-state index >= 15 is 0 Å². The second-order valence-corrected chi connectivity index (χ2v) is 6.53. The normalized spacial score (nSPS) is 14.7. The van der Waals surface area contributed by atoms with Gasteiger partial charge in [0.15, 0.2) is 0 Å². The summed E-state index contributed by atoms with van der Waals surface area (Å²) in [6.45, 7) is 4.12. The zero-order valence-electron chi connectivity index (χ0n) is 14.6. The third-order valence-electron chi connectivity index (χ3n) is 4.90.